The molecule has 1 amide bonds. The highest BCUT2D eigenvalue weighted by Crippen LogP contribution is 2.30. The third kappa shape index (κ3) is 0.917. The molecule has 56 valence electrons. The third-order valence-corrected chi connectivity index (χ3v) is 2.70. The van der Waals surface area contributed by atoms with Gasteiger partial charge in [0, 0.05) is 12.5 Å². The van der Waals surface area contributed by atoms with Crippen LogP contribution in [0.4, 0.5) is 0 Å². The summed E-state index contributed by atoms with van der Waals surface area (Å²) >= 11 is 0. The van der Waals surface area contributed by atoms with Crippen molar-refractivity contribution >= 4 is 5.91 Å². The lowest BCUT2D eigenvalue weighted by atomic mass is 9.85. The van der Waals surface area contributed by atoms with Crippen LogP contribution in [-0.4, -0.2) is 11.9 Å². The van der Waals surface area contributed by atoms with Gasteiger partial charge in [0.05, 0.1) is 0 Å². The van der Waals surface area contributed by atoms with E-state index in [1.165, 1.54) is 25.7 Å². The van der Waals surface area contributed by atoms with E-state index in [1.807, 2.05) is 0 Å². The quantitative estimate of drug-likeness (QED) is 0.534. The lowest BCUT2D eigenvalue weighted by molar-refractivity contribution is -0.119. The summed E-state index contributed by atoms with van der Waals surface area (Å²) in [7, 11) is 0. The van der Waals surface area contributed by atoms with Gasteiger partial charge >= 0.3 is 0 Å². The molecular weight excluding hydrogens is 126 g/mol. The van der Waals surface area contributed by atoms with Crippen molar-refractivity contribution in [2.24, 2.45) is 5.92 Å². The monoisotopic (exact) mass is 139 g/mol. The van der Waals surface area contributed by atoms with Crippen LogP contribution in [-0.2, 0) is 4.79 Å². The van der Waals surface area contributed by atoms with Crippen molar-refractivity contribution in [3.05, 3.63) is 0 Å². The molecule has 10 heavy (non-hydrogen) atoms. The van der Waals surface area contributed by atoms with Crippen LogP contribution in [0.2, 0.25) is 0 Å². The molecule has 0 spiro atoms. The van der Waals surface area contributed by atoms with Crippen LogP contribution in [0.25, 0.3) is 0 Å². The van der Waals surface area contributed by atoms with Gasteiger partial charge in [-0.05, 0) is 18.8 Å². The highest BCUT2D eigenvalue weighted by atomic mass is 16.2. The van der Waals surface area contributed by atoms with E-state index in [1.54, 1.807) is 0 Å². The van der Waals surface area contributed by atoms with E-state index in [0.29, 0.717) is 12.0 Å². The highest BCUT2D eigenvalue weighted by Gasteiger charge is 2.33. The Hall–Kier alpha value is -0.530. The Labute approximate surface area is 61.0 Å². The molecule has 0 bridgehead atoms. The summed E-state index contributed by atoms with van der Waals surface area (Å²) in [6.45, 7) is 0. The zero-order valence-corrected chi connectivity index (χ0v) is 6.10. The molecule has 0 aromatic heterocycles. The molecular formula is C8H13NO. The van der Waals surface area contributed by atoms with Gasteiger partial charge in [-0.3, -0.25) is 4.79 Å². The van der Waals surface area contributed by atoms with Crippen molar-refractivity contribution in [3.8, 4) is 0 Å². The number of nitrogens with one attached hydrogen (secondary N) is 1. The average molecular weight is 139 g/mol. The fourth-order valence-corrected chi connectivity index (χ4v) is 2.15. The largest absolute Gasteiger partial charge is 0.353 e. The van der Waals surface area contributed by atoms with Crippen molar-refractivity contribution in [2.45, 2.75) is 38.1 Å². The Morgan fingerprint density at radius 1 is 1.30 bits per heavy atom. The zero-order valence-electron chi connectivity index (χ0n) is 6.10. The Kier molecular flexibility index (Phi) is 1.40. The van der Waals surface area contributed by atoms with Gasteiger partial charge in [-0.15, -0.1) is 0 Å². The van der Waals surface area contributed by atoms with Gasteiger partial charge in [-0.1, -0.05) is 12.8 Å². The Morgan fingerprint density at radius 3 is 2.90 bits per heavy atom. The molecule has 0 aromatic carbocycles. The molecule has 0 unspecified atom stereocenters. The van der Waals surface area contributed by atoms with E-state index in [0.717, 1.165) is 6.42 Å². The maximum Gasteiger partial charge on any atom is 0.220 e. The molecule has 2 nitrogen and oxygen atoms in total. The second kappa shape index (κ2) is 2.26. The minimum Gasteiger partial charge on any atom is -0.353 e. The Balaban J connectivity index is 2.04. The molecule has 1 saturated heterocycles. The van der Waals surface area contributed by atoms with Crippen LogP contribution >= 0.6 is 0 Å². The van der Waals surface area contributed by atoms with Crippen LogP contribution in [0, 0.1) is 5.92 Å². The number of rotatable bonds is 0. The van der Waals surface area contributed by atoms with Crippen molar-refractivity contribution in [1.82, 2.24) is 5.32 Å². The molecule has 2 atom stereocenters. The first-order chi connectivity index (χ1) is 4.86. The summed E-state index contributed by atoms with van der Waals surface area (Å²) in [5.41, 5.74) is 0. The maximum atomic E-state index is 10.9. The van der Waals surface area contributed by atoms with Gasteiger partial charge in [0.15, 0.2) is 0 Å². The first-order valence-corrected chi connectivity index (χ1v) is 4.15. The smallest absolute Gasteiger partial charge is 0.220 e. The molecule has 2 rings (SSSR count). The normalized spacial score (nSPS) is 39.0. The van der Waals surface area contributed by atoms with E-state index in [4.69, 9.17) is 0 Å². The fourth-order valence-electron chi connectivity index (χ4n) is 2.15. The zero-order chi connectivity index (χ0) is 6.97. The van der Waals surface area contributed by atoms with E-state index >= 15 is 0 Å². The van der Waals surface area contributed by atoms with Gasteiger partial charge in [-0.2, -0.15) is 0 Å². The van der Waals surface area contributed by atoms with Crippen LogP contribution < -0.4 is 5.32 Å². The van der Waals surface area contributed by atoms with E-state index in [-0.39, 0.29) is 5.91 Å². The first kappa shape index (κ1) is 6.20. The fraction of sp³-hybridized carbons (Fsp3) is 0.875. The number of fused-ring (bicyclic) bond motifs is 1. The second-order valence-corrected chi connectivity index (χ2v) is 3.42. The molecule has 1 N–H and O–H groups in total. The van der Waals surface area contributed by atoms with Gasteiger partial charge in [0.2, 0.25) is 5.91 Å². The third-order valence-electron chi connectivity index (χ3n) is 2.70. The van der Waals surface area contributed by atoms with Crippen LogP contribution in [0.5, 0.6) is 0 Å². The molecule has 0 aromatic rings. The summed E-state index contributed by atoms with van der Waals surface area (Å²) < 4.78 is 0. The molecule has 1 aliphatic heterocycles. The Morgan fingerprint density at radius 2 is 2.10 bits per heavy atom. The van der Waals surface area contributed by atoms with Gasteiger partial charge in [-0.25, -0.2) is 0 Å². The van der Waals surface area contributed by atoms with Crippen molar-refractivity contribution < 1.29 is 4.79 Å². The molecule has 1 saturated carbocycles. The molecule has 1 aliphatic carbocycles. The van der Waals surface area contributed by atoms with E-state index in [9.17, 15) is 4.79 Å². The second-order valence-electron chi connectivity index (χ2n) is 3.42. The molecule has 0 radical (unpaired) electrons. The summed E-state index contributed by atoms with van der Waals surface area (Å²) in [6, 6.07) is 0.543. The maximum absolute atomic E-state index is 10.9. The minimum atomic E-state index is 0.275. The van der Waals surface area contributed by atoms with Crippen molar-refractivity contribution in [1.29, 1.82) is 0 Å². The van der Waals surface area contributed by atoms with Gasteiger partial charge < -0.3 is 5.32 Å². The molecule has 2 fully saturated rings. The predicted octanol–water partition coefficient (Wildman–Crippen LogP) is 1.07. The van der Waals surface area contributed by atoms with E-state index < -0.39 is 0 Å². The summed E-state index contributed by atoms with van der Waals surface area (Å²) in [5, 5.41) is 3.02. The van der Waals surface area contributed by atoms with Crippen LogP contribution in [0.15, 0.2) is 0 Å². The lowest BCUT2D eigenvalue weighted by Gasteiger charge is -2.23. The van der Waals surface area contributed by atoms with Gasteiger partial charge in [0.1, 0.15) is 0 Å². The topological polar surface area (TPSA) is 29.1 Å². The number of hydrogen-bond donors (Lipinski definition) is 1. The number of carbonyl (C=O) groups is 1. The summed E-state index contributed by atoms with van der Waals surface area (Å²) in [6.07, 6.45) is 5.92. The SMILES string of the molecule is O=C1C[C@H]2CCCC[C@H]2N1. The molecule has 2 aliphatic rings. The summed E-state index contributed by atoms with van der Waals surface area (Å²) in [4.78, 5) is 10.9. The van der Waals surface area contributed by atoms with Crippen molar-refractivity contribution in [3.63, 3.8) is 0 Å². The van der Waals surface area contributed by atoms with Crippen LogP contribution in [0.3, 0.4) is 0 Å². The average Bonchev–Trinajstić information content (AvgIpc) is 2.27. The predicted molar refractivity (Wildman–Crippen MR) is 38.5 cm³/mol. The number of hydrogen-bond acceptors (Lipinski definition) is 1. The highest BCUT2D eigenvalue weighted by molar-refractivity contribution is 5.79. The number of amides is 1. The lowest BCUT2D eigenvalue weighted by Crippen LogP contribution is -2.30. The number of carbonyl (C=O) groups excluding carboxylic acids is 1. The standard InChI is InChI=1S/C8H13NO/c10-8-5-6-3-1-2-4-7(6)9-8/h6-7H,1-5H2,(H,9,10)/t6-,7-/m1/s1. The Bertz CT molecular complexity index is 139. The van der Waals surface area contributed by atoms with Crippen LogP contribution in [0.1, 0.15) is 32.1 Å². The van der Waals surface area contributed by atoms with Gasteiger partial charge in [0.25, 0.3) is 0 Å². The summed E-state index contributed by atoms with van der Waals surface area (Å²) in [5.74, 6) is 0.957. The van der Waals surface area contributed by atoms with Crippen molar-refractivity contribution in [2.75, 3.05) is 0 Å². The minimum absolute atomic E-state index is 0.275. The molecule has 2 heteroatoms. The first-order valence-electron chi connectivity index (χ1n) is 4.15. The van der Waals surface area contributed by atoms with E-state index in [2.05, 4.69) is 5.32 Å². The molecule has 1 heterocycles.